The smallest absolute Gasteiger partial charge is 0.288 e. The molecule has 8 nitrogen and oxygen atoms in total. The van der Waals surface area contributed by atoms with Crippen LogP contribution >= 0.6 is 0 Å². The molecule has 8 heteroatoms. The number of nitrogens with one attached hydrogen (secondary N) is 2. The zero-order valence-corrected chi connectivity index (χ0v) is 14.0. The summed E-state index contributed by atoms with van der Waals surface area (Å²) < 4.78 is 5.13. The lowest BCUT2D eigenvalue weighted by Gasteiger charge is -2.17. The maximum Gasteiger partial charge on any atom is 0.288 e. The highest BCUT2D eigenvalue weighted by Gasteiger charge is 2.23. The topological polar surface area (TPSA) is 96.6 Å². The van der Waals surface area contributed by atoms with Gasteiger partial charge in [-0.15, -0.1) is 0 Å². The molecule has 1 amide bonds. The second-order valence-corrected chi connectivity index (χ2v) is 5.01. The van der Waals surface area contributed by atoms with Gasteiger partial charge in [0.2, 0.25) is 0 Å². The minimum atomic E-state index is -0.469. The van der Waals surface area contributed by atoms with E-state index in [1.54, 1.807) is 14.2 Å². The van der Waals surface area contributed by atoms with E-state index in [9.17, 15) is 9.59 Å². The van der Waals surface area contributed by atoms with Gasteiger partial charge in [-0.05, 0) is 17.7 Å². The first-order valence-corrected chi connectivity index (χ1v) is 7.26. The second-order valence-electron chi connectivity index (χ2n) is 5.01. The average Bonchev–Trinajstić information content (AvgIpc) is 2.62. The lowest BCUT2D eigenvalue weighted by Crippen LogP contribution is -2.31. The molecular formula is C16H20N4O4. The Balaban J connectivity index is 2.48. The monoisotopic (exact) mass is 332 g/mol. The number of hydrogen-bond donors (Lipinski definition) is 2. The van der Waals surface area contributed by atoms with Crippen LogP contribution in [0.3, 0.4) is 0 Å². The van der Waals surface area contributed by atoms with Gasteiger partial charge in [0.1, 0.15) is 11.4 Å². The maximum atomic E-state index is 12.6. The molecule has 0 saturated heterocycles. The number of H-pyrrole nitrogens is 1. The number of ether oxygens (including phenoxy) is 1. The van der Waals surface area contributed by atoms with Gasteiger partial charge in [0.25, 0.3) is 11.5 Å². The van der Waals surface area contributed by atoms with Gasteiger partial charge in [-0.3, -0.25) is 14.4 Å². The Hall–Kier alpha value is -2.87. The van der Waals surface area contributed by atoms with Crippen LogP contribution < -0.4 is 15.6 Å². The van der Waals surface area contributed by atoms with Crippen molar-refractivity contribution >= 4 is 11.6 Å². The van der Waals surface area contributed by atoms with Gasteiger partial charge < -0.3 is 10.1 Å². The van der Waals surface area contributed by atoms with Crippen molar-refractivity contribution in [3.63, 3.8) is 0 Å². The third-order valence-corrected chi connectivity index (χ3v) is 3.61. The Morgan fingerprint density at radius 1 is 1.29 bits per heavy atom. The standard InChI is InChI=1S/C16H20N4O4/c1-17-14-13(16(22)20(2)24-4)12(18-19-15(14)21)9-10-5-7-11(23-3)8-6-10/h5-8H,9H2,1-4H3,(H,17,18)(H,19,21). The predicted octanol–water partition coefficient (Wildman–Crippen LogP) is 1.04. The first-order valence-electron chi connectivity index (χ1n) is 7.26. The molecule has 0 radical (unpaired) electrons. The Bertz CT molecular complexity index is 771. The molecule has 0 aliphatic heterocycles. The van der Waals surface area contributed by atoms with Gasteiger partial charge >= 0.3 is 0 Å². The Morgan fingerprint density at radius 3 is 2.50 bits per heavy atom. The Kier molecular flexibility index (Phi) is 5.54. The number of methoxy groups -OCH3 is 1. The summed E-state index contributed by atoms with van der Waals surface area (Å²) in [6.45, 7) is 0. The van der Waals surface area contributed by atoms with Crippen LogP contribution in [-0.4, -0.2) is 49.5 Å². The molecule has 1 aromatic heterocycles. The molecule has 0 fully saturated rings. The second kappa shape index (κ2) is 7.60. The highest BCUT2D eigenvalue weighted by molar-refractivity contribution is 5.99. The lowest BCUT2D eigenvalue weighted by molar-refractivity contribution is -0.0757. The summed E-state index contributed by atoms with van der Waals surface area (Å²) in [5.41, 5.74) is 1.23. The fourth-order valence-electron chi connectivity index (χ4n) is 2.26. The van der Waals surface area contributed by atoms with Crippen LogP contribution in [-0.2, 0) is 11.3 Å². The fourth-order valence-corrected chi connectivity index (χ4v) is 2.26. The summed E-state index contributed by atoms with van der Waals surface area (Å²) in [7, 11) is 6.02. The van der Waals surface area contributed by atoms with Crippen LogP contribution in [0.1, 0.15) is 21.6 Å². The zero-order valence-electron chi connectivity index (χ0n) is 14.0. The van der Waals surface area contributed by atoms with E-state index in [-0.39, 0.29) is 11.3 Å². The molecule has 24 heavy (non-hydrogen) atoms. The molecule has 0 bridgehead atoms. The van der Waals surface area contributed by atoms with Crippen LogP contribution in [0.25, 0.3) is 0 Å². The molecule has 0 aliphatic carbocycles. The van der Waals surface area contributed by atoms with E-state index >= 15 is 0 Å². The van der Waals surface area contributed by atoms with E-state index in [0.29, 0.717) is 12.1 Å². The van der Waals surface area contributed by atoms with Crippen LogP contribution in [0.15, 0.2) is 29.1 Å². The van der Waals surface area contributed by atoms with Gasteiger partial charge in [-0.2, -0.15) is 5.10 Å². The van der Waals surface area contributed by atoms with Crippen molar-refractivity contribution in [1.82, 2.24) is 15.3 Å². The van der Waals surface area contributed by atoms with E-state index in [1.165, 1.54) is 14.2 Å². The number of carbonyl (C=O) groups excluding carboxylic acids is 1. The number of aromatic amines is 1. The van der Waals surface area contributed by atoms with Crippen LogP contribution in [0.2, 0.25) is 0 Å². The highest BCUT2D eigenvalue weighted by Crippen LogP contribution is 2.20. The van der Waals surface area contributed by atoms with Crippen LogP contribution in [0, 0.1) is 0 Å². The maximum absolute atomic E-state index is 12.6. The molecule has 2 aromatic rings. The molecule has 0 aliphatic rings. The van der Waals surface area contributed by atoms with E-state index < -0.39 is 11.5 Å². The summed E-state index contributed by atoms with van der Waals surface area (Å²) in [4.78, 5) is 29.5. The predicted molar refractivity (Wildman–Crippen MR) is 89.3 cm³/mol. The van der Waals surface area contributed by atoms with Crippen molar-refractivity contribution < 1.29 is 14.4 Å². The van der Waals surface area contributed by atoms with Crippen molar-refractivity contribution in [2.45, 2.75) is 6.42 Å². The third-order valence-electron chi connectivity index (χ3n) is 3.61. The van der Waals surface area contributed by atoms with Crippen molar-refractivity contribution in [1.29, 1.82) is 0 Å². The van der Waals surface area contributed by atoms with Gasteiger partial charge in [-0.1, -0.05) is 12.1 Å². The number of hydrogen-bond acceptors (Lipinski definition) is 6. The Labute approximate surface area is 139 Å². The number of nitrogens with zero attached hydrogens (tertiary/aromatic N) is 2. The van der Waals surface area contributed by atoms with Crippen LogP contribution in [0.4, 0.5) is 5.69 Å². The van der Waals surface area contributed by atoms with Crippen molar-refractivity contribution in [3.8, 4) is 5.75 Å². The number of carbonyl (C=O) groups is 1. The van der Waals surface area contributed by atoms with E-state index in [0.717, 1.165) is 16.4 Å². The van der Waals surface area contributed by atoms with Gasteiger partial charge in [-0.25, -0.2) is 10.2 Å². The largest absolute Gasteiger partial charge is 0.497 e. The number of anilines is 1. The molecule has 0 atom stereocenters. The van der Waals surface area contributed by atoms with Crippen molar-refractivity contribution in [3.05, 3.63) is 51.4 Å². The number of rotatable bonds is 6. The number of amides is 1. The fraction of sp³-hybridized carbons (Fsp3) is 0.312. The van der Waals surface area contributed by atoms with E-state index in [2.05, 4.69) is 15.5 Å². The molecule has 0 saturated carbocycles. The average molecular weight is 332 g/mol. The zero-order chi connectivity index (χ0) is 17.7. The lowest BCUT2D eigenvalue weighted by atomic mass is 10.0. The first kappa shape index (κ1) is 17.5. The summed E-state index contributed by atoms with van der Waals surface area (Å²) in [6.07, 6.45) is 0.369. The van der Waals surface area contributed by atoms with Gasteiger partial charge in [0.15, 0.2) is 0 Å². The molecule has 0 spiro atoms. The normalized spacial score (nSPS) is 10.3. The quantitative estimate of drug-likeness (QED) is 0.768. The van der Waals surface area contributed by atoms with Crippen molar-refractivity contribution in [2.24, 2.45) is 0 Å². The molecule has 2 N–H and O–H groups in total. The molecule has 1 heterocycles. The molecule has 1 aromatic carbocycles. The molecule has 0 unspecified atom stereocenters. The first-order chi connectivity index (χ1) is 11.5. The Morgan fingerprint density at radius 2 is 1.96 bits per heavy atom. The third kappa shape index (κ3) is 3.54. The molecule has 128 valence electrons. The summed E-state index contributed by atoms with van der Waals surface area (Å²) in [5.74, 6) is 0.281. The molecular weight excluding hydrogens is 312 g/mol. The van der Waals surface area contributed by atoms with E-state index in [1.807, 2.05) is 24.3 Å². The van der Waals surface area contributed by atoms with Gasteiger partial charge in [0, 0.05) is 20.5 Å². The number of aromatic nitrogens is 2. The van der Waals surface area contributed by atoms with Gasteiger partial charge in [0.05, 0.1) is 25.5 Å². The van der Waals surface area contributed by atoms with E-state index in [4.69, 9.17) is 9.57 Å². The highest BCUT2D eigenvalue weighted by atomic mass is 16.7. The van der Waals surface area contributed by atoms with Crippen LogP contribution in [0.5, 0.6) is 5.75 Å². The summed E-state index contributed by atoms with van der Waals surface area (Å²) >= 11 is 0. The van der Waals surface area contributed by atoms with Crippen molar-refractivity contribution in [2.75, 3.05) is 33.6 Å². The summed E-state index contributed by atoms with van der Waals surface area (Å²) in [5, 5.41) is 10.3. The SMILES string of the molecule is CNc1c(C(=O)N(C)OC)c(Cc2ccc(OC)cc2)n[nH]c1=O. The minimum Gasteiger partial charge on any atom is -0.497 e. The number of hydroxylamine groups is 2. The number of benzene rings is 1. The summed E-state index contributed by atoms with van der Waals surface area (Å²) in [6, 6.07) is 7.39. The molecule has 2 rings (SSSR count). The minimum absolute atomic E-state index is 0.155.